The number of ether oxygens (including phenoxy) is 1. The van der Waals surface area contributed by atoms with E-state index in [9.17, 15) is 4.79 Å². The van der Waals surface area contributed by atoms with Crippen molar-refractivity contribution in [2.75, 3.05) is 20.3 Å². The second-order valence-corrected chi connectivity index (χ2v) is 4.11. The van der Waals surface area contributed by atoms with Gasteiger partial charge in [0.15, 0.2) is 0 Å². The number of rotatable bonds is 9. The summed E-state index contributed by atoms with van der Waals surface area (Å²) in [5.74, 6) is -0.131. The first-order valence-electron chi connectivity index (χ1n) is 6.10. The van der Waals surface area contributed by atoms with Crippen LogP contribution in [0.1, 0.15) is 19.3 Å². The third kappa shape index (κ3) is 6.31. The summed E-state index contributed by atoms with van der Waals surface area (Å²) in [4.78, 5) is 10.9. The highest BCUT2D eigenvalue weighted by Gasteiger charge is 2.04. The van der Waals surface area contributed by atoms with Gasteiger partial charge < -0.3 is 15.8 Å². The molecule has 7 nitrogen and oxygen atoms in total. The average Bonchev–Trinajstić information content (AvgIpc) is 2.87. The third-order valence-corrected chi connectivity index (χ3v) is 2.53. The van der Waals surface area contributed by atoms with E-state index < -0.39 is 0 Å². The number of hydrogen-bond acceptors (Lipinski definition) is 5. The minimum Gasteiger partial charge on any atom is -0.370 e. The molecule has 0 saturated heterocycles. The lowest BCUT2D eigenvalue weighted by molar-refractivity contribution is -0.125. The predicted molar refractivity (Wildman–Crippen MR) is 66.7 cm³/mol. The van der Waals surface area contributed by atoms with Crippen LogP contribution in [0.5, 0.6) is 0 Å². The van der Waals surface area contributed by atoms with Gasteiger partial charge in [0.05, 0.1) is 12.8 Å². The van der Waals surface area contributed by atoms with Crippen LogP contribution >= 0.6 is 0 Å². The molecule has 1 heterocycles. The number of unbranched alkanes of at least 4 members (excludes halogenated alkanes) is 1. The molecule has 1 rings (SSSR count). The van der Waals surface area contributed by atoms with Gasteiger partial charge in [-0.15, -0.1) is 5.10 Å². The number of nitrogens with one attached hydrogen (secondary N) is 1. The number of hydrogen-bond donors (Lipinski definition) is 2. The van der Waals surface area contributed by atoms with Gasteiger partial charge in [-0.2, -0.15) is 0 Å². The van der Waals surface area contributed by atoms with Gasteiger partial charge >= 0.3 is 0 Å². The van der Waals surface area contributed by atoms with Crippen molar-refractivity contribution in [3.05, 3.63) is 12.4 Å². The SMILES string of the molecule is CNC(=O)COCC(N)CCCCn1ccnn1. The highest BCUT2D eigenvalue weighted by atomic mass is 16.5. The van der Waals surface area contributed by atoms with Gasteiger partial charge in [0, 0.05) is 25.8 Å². The number of aryl methyl sites for hydroxylation is 1. The maximum Gasteiger partial charge on any atom is 0.245 e. The number of likely N-dealkylation sites (N-methyl/N-ethyl adjacent to an activating group) is 1. The molecule has 0 bridgehead atoms. The minimum atomic E-state index is -0.131. The van der Waals surface area contributed by atoms with Crippen molar-refractivity contribution in [3.8, 4) is 0 Å². The fourth-order valence-corrected chi connectivity index (χ4v) is 1.49. The van der Waals surface area contributed by atoms with Crippen LogP contribution in [0.15, 0.2) is 12.4 Å². The fourth-order valence-electron chi connectivity index (χ4n) is 1.49. The van der Waals surface area contributed by atoms with Crippen molar-refractivity contribution in [2.45, 2.75) is 31.8 Å². The lowest BCUT2D eigenvalue weighted by Crippen LogP contribution is -2.30. The molecular weight excluding hydrogens is 234 g/mol. The van der Waals surface area contributed by atoms with Crippen LogP contribution in [-0.4, -0.2) is 47.2 Å². The molecule has 18 heavy (non-hydrogen) atoms. The summed E-state index contributed by atoms with van der Waals surface area (Å²) in [5.41, 5.74) is 5.87. The highest BCUT2D eigenvalue weighted by Crippen LogP contribution is 2.01. The Kier molecular flexibility index (Phi) is 6.97. The van der Waals surface area contributed by atoms with E-state index in [-0.39, 0.29) is 18.6 Å². The first-order chi connectivity index (χ1) is 8.72. The molecule has 1 aromatic rings. The summed E-state index contributed by atoms with van der Waals surface area (Å²) in [7, 11) is 1.58. The van der Waals surface area contributed by atoms with Crippen molar-refractivity contribution < 1.29 is 9.53 Å². The van der Waals surface area contributed by atoms with Gasteiger partial charge in [-0.1, -0.05) is 5.21 Å². The minimum absolute atomic E-state index is 0.0228. The second kappa shape index (κ2) is 8.60. The topological polar surface area (TPSA) is 95.1 Å². The molecule has 3 N–H and O–H groups in total. The van der Waals surface area contributed by atoms with Gasteiger partial charge in [0.25, 0.3) is 0 Å². The van der Waals surface area contributed by atoms with Crippen LogP contribution in [0.3, 0.4) is 0 Å². The van der Waals surface area contributed by atoms with E-state index in [1.165, 1.54) is 0 Å². The van der Waals surface area contributed by atoms with Gasteiger partial charge in [-0.05, 0) is 19.3 Å². The zero-order valence-electron chi connectivity index (χ0n) is 10.7. The van der Waals surface area contributed by atoms with Crippen LogP contribution in [0.4, 0.5) is 0 Å². The molecule has 0 radical (unpaired) electrons. The normalized spacial score (nSPS) is 12.3. The molecule has 102 valence electrons. The van der Waals surface area contributed by atoms with E-state index in [4.69, 9.17) is 10.5 Å². The number of aromatic nitrogens is 3. The zero-order valence-corrected chi connectivity index (χ0v) is 10.7. The smallest absolute Gasteiger partial charge is 0.245 e. The summed E-state index contributed by atoms with van der Waals surface area (Å²) in [6, 6.07) is -0.0228. The quantitative estimate of drug-likeness (QED) is 0.582. The summed E-state index contributed by atoms with van der Waals surface area (Å²) in [6.45, 7) is 1.34. The summed E-state index contributed by atoms with van der Waals surface area (Å²) >= 11 is 0. The molecule has 1 unspecified atom stereocenters. The Morgan fingerprint density at radius 2 is 2.39 bits per heavy atom. The molecule has 0 fully saturated rings. The summed E-state index contributed by atoms with van der Waals surface area (Å²) in [6.07, 6.45) is 6.39. The molecule has 0 aromatic carbocycles. The number of nitrogens with two attached hydrogens (primary N) is 1. The Bertz CT molecular complexity index is 328. The molecule has 1 amide bonds. The van der Waals surface area contributed by atoms with Crippen LogP contribution in [0.25, 0.3) is 0 Å². The molecule has 0 aliphatic carbocycles. The molecule has 1 atom stereocenters. The Morgan fingerprint density at radius 1 is 1.56 bits per heavy atom. The molecule has 7 heteroatoms. The fraction of sp³-hybridized carbons (Fsp3) is 0.727. The van der Waals surface area contributed by atoms with Gasteiger partial charge in [-0.25, -0.2) is 0 Å². The van der Waals surface area contributed by atoms with Crippen LogP contribution in [-0.2, 0) is 16.1 Å². The van der Waals surface area contributed by atoms with Crippen molar-refractivity contribution in [1.29, 1.82) is 0 Å². The van der Waals surface area contributed by atoms with Gasteiger partial charge in [0.1, 0.15) is 6.61 Å². The van der Waals surface area contributed by atoms with Crippen molar-refractivity contribution in [2.24, 2.45) is 5.73 Å². The predicted octanol–water partition coefficient (Wildman–Crippen LogP) is -0.462. The zero-order chi connectivity index (χ0) is 13.2. The Hall–Kier alpha value is -1.47. The van der Waals surface area contributed by atoms with Crippen molar-refractivity contribution in [3.63, 3.8) is 0 Å². The summed E-state index contributed by atoms with van der Waals surface area (Å²) in [5, 5.41) is 10.1. The second-order valence-electron chi connectivity index (χ2n) is 4.11. The van der Waals surface area contributed by atoms with Crippen LogP contribution in [0.2, 0.25) is 0 Å². The van der Waals surface area contributed by atoms with Gasteiger partial charge in [0.2, 0.25) is 5.91 Å². The maximum absolute atomic E-state index is 10.9. The highest BCUT2D eigenvalue weighted by molar-refractivity contribution is 5.76. The number of carbonyl (C=O) groups excluding carboxylic acids is 1. The standard InChI is InChI=1S/C11H21N5O2/c1-13-11(17)9-18-8-10(12)4-2-3-6-16-7-5-14-15-16/h5,7,10H,2-4,6,8-9,12H2,1H3,(H,13,17). The monoisotopic (exact) mass is 255 g/mol. The van der Waals surface area contributed by atoms with Crippen molar-refractivity contribution >= 4 is 5.91 Å². The average molecular weight is 255 g/mol. The van der Waals surface area contributed by atoms with E-state index in [2.05, 4.69) is 15.6 Å². The Morgan fingerprint density at radius 3 is 3.06 bits per heavy atom. The molecule has 0 aliphatic heterocycles. The molecule has 0 saturated carbocycles. The third-order valence-electron chi connectivity index (χ3n) is 2.53. The van der Waals surface area contributed by atoms with E-state index in [0.29, 0.717) is 6.61 Å². The van der Waals surface area contributed by atoms with E-state index in [1.807, 2.05) is 6.20 Å². The summed E-state index contributed by atoms with van der Waals surface area (Å²) < 4.78 is 6.99. The number of carbonyl (C=O) groups is 1. The first kappa shape index (κ1) is 14.6. The Labute approximate surface area is 107 Å². The maximum atomic E-state index is 10.9. The van der Waals surface area contributed by atoms with Crippen molar-refractivity contribution in [1.82, 2.24) is 20.3 Å². The lowest BCUT2D eigenvalue weighted by atomic mass is 10.1. The first-order valence-corrected chi connectivity index (χ1v) is 6.10. The lowest BCUT2D eigenvalue weighted by Gasteiger charge is -2.11. The van der Waals surface area contributed by atoms with E-state index in [0.717, 1.165) is 25.8 Å². The van der Waals surface area contributed by atoms with Crippen LogP contribution < -0.4 is 11.1 Å². The Balaban J connectivity index is 1.96. The molecule has 1 aromatic heterocycles. The van der Waals surface area contributed by atoms with Gasteiger partial charge in [-0.3, -0.25) is 9.48 Å². The molecule has 0 aliphatic rings. The number of nitrogens with zero attached hydrogens (tertiary/aromatic N) is 3. The molecular formula is C11H21N5O2. The van der Waals surface area contributed by atoms with Crippen LogP contribution in [0, 0.1) is 0 Å². The number of amides is 1. The molecule has 0 spiro atoms. The van der Waals surface area contributed by atoms with E-state index in [1.54, 1.807) is 17.9 Å². The van der Waals surface area contributed by atoms with E-state index >= 15 is 0 Å². The largest absolute Gasteiger partial charge is 0.370 e.